The Labute approximate surface area is 174 Å². The minimum absolute atomic E-state index is 0.145. The monoisotopic (exact) mass is 426 g/mol. The molecule has 1 aliphatic rings. The van der Waals surface area contributed by atoms with Gasteiger partial charge in [0.15, 0.2) is 12.2 Å². The highest BCUT2D eigenvalue weighted by atomic mass is 32.2. The number of hydrogen-bond acceptors (Lipinski definition) is 9. The van der Waals surface area contributed by atoms with Crippen molar-refractivity contribution in [3.05, 3.63) is 35.9 Å². The van der Waals surface area contributed by atoms with E-state index in [0.29, 0.717) is 0 Å². The summed E-state index contributed by atoms with van der Waals surface area (Å²) in [4.78, 5) is 34.7. The molecule has 0 spiro atoms. The first kappa shape index (κ1) is 23.2. The van der Waals surface area contributed by atoms with Crippen molar-refractivity contribution in [2.75, 3.05) is 12.9 Å². The first-order valence-electron chi connectivity index (χ1n) is 9.13. The summed E-state index contributed by atoms with van der Waals surface area (Å²) in [5, 5.41) is 0. The van der Waals surface area contributed by atoms with Crippen molar-refractivity contribution >= 4 is 29.7 Å². The molecule has 1 aromatic carbocycles. The summed E-state index contributed by atoms with van der Waals surface area (Å²) in [5.74, 6) is -1.62. The lowest BCUT2D eigenvalue weighted by Gasteiger charge is -2.44. The fourth-order valence-electron chi connectivity index (χ4n) is 3.00. The summed E-state index contributed by atoms with van der Waals surface area (Å²) in [7, 11) is 0. The van der Waals surface area contributed by atoms with Crippen LogP contribution in [-0.4, -0.2) is 60.6 Å². The molecule has 0 amide bonds. The molecule has 0 aliphatic carbocycles. The molecule has 0 unspecified atom stereocenters. The van der Waals surface area contributed by atoms with Gasteiger partial charge >= 0.3 is 17.9 Å². The Balaban J connectivity index is 2.28. The van der Waals surface area contributed by atoms with Gasteiger partial charge in [0.2, 0.25) is 0 Å². The number of carbonyl (C=O) groups is 3. The molecule has 9 heteroatoms. The van der Waals surface area contributed by atoms with E-state index in [4.69, 9.17) is 23.7 Å². The Morgan fingerprint density at radius 2 is 1.55 bits per heavy atom. The second-order valence-electron chi connectivity index (χ2n) is 6.49. The van der Waals surface area contributed by atoms with Crippen LogP contribution in [0.15, 0.2) is 30.3 Å². The second-order valence-corrected chi connectivity index (χ2v) is 7.43. The van der Waals surface area contributed by atoms with Gasteiger partial charge in [-0.1, -0.05) is 30.3 Å². The molecular weight excluding hydrogens is 400 g/mol. The molecule has 0 N–H and O–H groups in total. The average Bonchev–Trinajstić information content (AvgIpc) is 2.67. The van der Waals surface area contributed by atoms with Crippen molar-refractivity contribution in [2.45, 2.75) is 57.2 Å². The molecule has 1 saturated heterocycles. The van der Waals surface area contributed by atoms with Gasteiger partial charge in [-0.25, -0.2) is 0 Å². The van der Waals surface area contributed by atoms with Crippen molar-refractivity contribution in [3.63, 3.8) is 0 Å². The molecule has 8 nitrogen and oxygen atoms in total. The van der Waals surface area contributed by atoms with Crippen molar-refractivity contribution in [3.8, 4) is 0 Å². The first-order valence-corrected chi connectivity index (χ1v) is 10.4. The molecule has 1 aromatic rings. The summed E-state index contributed by atoms with van der Waals surface area (Å²) in [6, 6.07) is 9.50. The number of benzene rings is 1. The molecule has 1 heterocycles. The fraction of sp³-hybridized carbons (Fsp3) is 0.550. The predicted octanol–water partition coefficient (Wildman–Crippen LogP) is 2.09. The van der Waals surface area contributed by atoms with Gasteiger partial charge in [-0.05, 0) is 11.8 Å². The van der Waals surface area contributed by atoms with Crippen molar-refractivity contribution in [2.24, 2.45) is 0 Å². The maximum Gasteiger partial charge on any atom is 0.303 e. The molecule has 0 saturated carbocycles. The number of rotatable bonds is 8. The van der Waals surface area contributed by atoms with Crippen LogP contribution in [0, 0.1) is 0 Å². The molecule has 160 valence electrons. The van der Waals surface area contributed by atoms with Crippen molar-refractivity contribution < 1.29 is 38.1 Å². The zero-order chi connectivity index (χ0) is 21.4. The number of carbonyl (C=O) groups excluding carboxylic acids is 3. The molecule has 0 bridgehead atoms. The Hall–Kier alpha value is -2.10. The van der Waals surface area contributed by atoms with Crippen LogP contribution < -0.4 is 0 Å². The van der Waals surface area contributed by atoms with Gasteiger partial charge in [-0.2, -0.15) is 0 Å². The number of hydrogen-bond donors (Lipinski definition) is 0. The largest absolute Gasteiger partial charge is 0.463 e. The molecule has 0 aromatic heterocycles. The third-order valence-corrected chi connectivity index (χ3v) is 5.01. The summed E-state index contributed by atoms with van der Waals surface area (Å²) >= 11 is 1.36. The van der Waals surface area contributed by atoms with Gasteiger partial charge in [0.05, 0.1) is 6.61 Å². The van der Waals surface area contributed by atoms with E-state index in [9.17, 15) is 14.4 Å². The number of ether oxygens (including phenoxy) is 5. The summed E-state index contributed by atoms with van der Waals surface area (Å²) in [5.41, 5.74) is 0.399. The van der Waals surface area contributed by atoms with Crippen LogP contribution in [0.4, 0.5) is 0 Å². The third kappa shape index (κ3) is 7.02. The van der Waals surface area contributed by atoms with E-state index in [1.807, 2.05) is 36.6 Å². The van der Waals surface area contributed by atoms with E-state index >= 15 is 0 Å². The lowest BCUT2D eigenvalue weighted by molar-refractivity contribution is -0.241. The van der Waals surface area contributed by atoms with Crippen LogP contribution >= 0.6 is 11.8 Å². The summed E-state index contributed by atoms with van der Waals surface area (Å²) in [6.45, 7) is 3.89. The highest BCUT2D eigenvalue weighted by molar-refractivity contribution is 7.99. The standard InChI is InChI=1S/C20H26O8S/c1-12(21)24-11-16-17(26-13(2)22)18(27-14(3)23)19(20(28-16)29-4)25-10-15-8-6-5-7-9-15/h5-9,16-20H,10-11H2,1-4H3/t16-,17+,18+,19-,20+/m1/s1. The number of thioether (sulfide) groups is 1. The van der Waals surface area contributed by atoms with Crippen molar-refractivity contribution in [1.29, 1.82) is 0 Å². The minimum Gasteiger partial charge on any atom is -0.463 e. The van der Waals surface area contributed by atoms with E-state index in [0.717, 1.165) is 5.56 Å². The zero-order valence-corrected chi connectivity index (χ0v) is 17.7. The van der Waals surface area contributed by atoms with E-state index in [-0.39, 0.29) is 13.2 Å². The van der Waals surface area contributed by atoms with Crippen molar-refractivity contribution in [1.82, 2.24) is 0 Å². The second kappa shape index (κ2) is 11.2. The Kier molecular flexibility index (Phi) is 8.94. The Morgan fingerprint density at radius 1 is 0.931 bits per heavy atom. The lowest BCUT2D eigenvalue weighted by Crippen LogP contribution is -2.61. The van der Waals surface area contributed by atoms with Gasteiger partial charge in [-0.3, -0.25) is 14.4 Å². The minimum atomic E-state index is -0.986. The fourth-order valence-corrected chi connectivity index (χ4v) is 3.76. The van der Waals surface area contributed by atoms with Crippen LogP contribution in [0.5, 0.6) is 0 Å². The van der Waals surface area contributed by atoms with E-state index in [1.165, 1.54) is 32.5 Å². The molecule has 0 radical (unpaired) electrons. The highest BCUT2D eigenvalue weighted by Crippen LogP contribution is 2.33. The lowest BCUT2D eigenvalue weighted by atomic mass is 9.99. The molecule has 2 rings (SSSR count). The predicted molar refractivity (Wildman–Crippen MR) is 105 cm³/mol. The topological polar surface area (TPSA) is 97.4 Å². The maximum absolute atomic E-state index is 11.8. The van der Waals surface area contributed by atoms with Gasteiger partial charge in [0.25, 0.3) is 0 Å². The van der Waals surface area contributed by atoms with E-state index < -0.39 is 47.8 Å². The highest BCUT2D eigenvalue weighted by Gasteiger charge is 2.50. The zero-order valence-electron chi connectivity index (χ0n) is 16.9. The number of esters is 3. The Morgan fingerprint density at radius 3 is 2.10 bits per heavy atom. The van der Waals surface area contributed by atoms with Gasteiger partial charge < -0.3 is 23.7 Å². The maximum atomic E-state index is 11.8. The first-order chi connectivity index (χ1) is 13.8. The van der Waals surface area contributed by atoms with Crippen LogP contribution in [0.1, 0.15) is 26.3 Å². The van der Waals surface area contributed by atoms with E-state index in [1.54, 1.807) is 0 Å². The van der Waals surface area contributed by atoms with Crippen LogP contribution in [0.25, 0.3) is 0 Å². The molecular formula is C20H26O8S. The van der Waals surface area contributed by atoms with Gasteiger partial charge in [0.1, 0.15) is 24.3 Å². The smallest absolute Gasteiger partial charge is 0.303 e. The molecule has 1 aliphatic heterocycles. The van der Waals surface area contributed by atoms with Crippen LogP contribution in [-0.2, 0) is 44.7 Å². The van der Waals surface area contributed by atoms with Gasteiger partial charge in [-0.15, -0.1) is 11.8 Å². The normalized spacial score (nSPS) is 26.4. The Bertz CT molecular complexity index is 695. The molecule has 1 fully saturated rings. The average molecular weight is 426 g/mol. The molecule has 5 atom stereocenters. The quantitative estimate of drug-likeness (QED) is 0.457. The summed E-state index contributed by atoms with van der Waals surface area (Å²) in [6.07, 6.45) is -1.59. The van der Waals surface area contributed by atoms with Gasteiger partial charge in [0, 0.05) is 20.8 Å². The summed E-state index contributed by atoms with van der Waals surface area (Å²) < 4.78 is 28.0. The van der Waals surface area contributed by atoms with Crippen LogP contribution in [0.3, 0.4) is 0 Å². The molecule has 29 heavy (non-hydrogen) atoms. The SMILES string of the molecule is CS[C@@H]1O[C@H](COC(C)=O)[C@H](OC(C)=O)[C@H](OC(C)=O)[C@H]1OCc1ccccc1. The third-order valence-electron chi connectivity index (χ3n) is 4.16. The van der Waals surface area contributed by atoms with Crippen LogP contribution in [0.2, 0.25) is 0 Å². The van der Waals surface area contributed by atoms with E-state index in [2.05, 4.69) is 0 Å².